The van der Waals surface area contributed by atoms with Gasteiger partial charge < -0.3 is 10.2 Å². The number of urea groups is 1. The Bertz CT molecular complexity index is 1260. The van der Waals surface area contributed by atoms with Crippen LogP contribution in [0.25, 0.3) is 11.1 Å². The van der Waals surface area contributed by atoms with E-state index in [0.29, 0.717) is 32.5 Å². The number of aromatic nitrogens is 1. The number of halogens is 3. The maximum Gasteiger partial charge on any atom is 0.433 e. The van der Waals surface area contributed by atoms with Gasteiger partial charge in [-0.1, -0.05) is 36.4 Å². The summed E-state index contributed by atoms with van der Waals surface area (Å²) in [6, 6.07) is 17.7. The molecule has 0 radical (unpaired) electrons. The normalized spacial score (nSPS) is 17.6. The second-order valence-corrected chi connectivity index (χ2v) is 9.08. The zero-order valence-corrected chi connectivity index (χ0v) is 19.5. The number of likely N-dealkylation sites (tertiary alicyclic amines) is 1. The van der Waals surface area contributed by atoms with Crippen molar-refractivity contribution < 1.29 is 22.8 Å². The molecule has 1 saturated heterocycles. The van der Waals surface area contributed by atoms with Crippen LogP contribution in [0, 0.1) is 0 Å². The summed E-state index contributed by atoms with van der Waals surface area (Å²) < 4.78 is 38.3. The molecule has 1 N–H and O–H groups in total. The van der Waals surface area contributed by atoms with E-state index in [1.54, 1.807) is 9.80 Å². The van der Waals surface area contributed by atoms with Crippen molar-refractivity contribution in [2.45, 2.75) is 31.5 Å². The molecule has 2 aromatic carbocycles. The molecule has 1 unspecified atom stereocenters. The third-order valence-electron chi connectivity index (χ3n) is 6.66. The third kappa shape index (κ3) is 4.91. The van der Waals surface area contributed by atoms with Crippen molar-refractivity contribution in [1.29, 1.82) is 0 Å². The first kappa shape index (κ1) is 23.8. The van der Waals surface area contributed by atoms with Crippen LogP contribution in [0.4, 0.5) is 23.7 Å². The molecule has 0 spiro atoms. The number of alkyl halides is 3. The molecule has 0 saturated carbocycles. The summed E-state index contributed by atoms with van der Waals surface area (Å²) in [5.74, 6) is -0.393. The smallest absolute Gasteiger partial charge is 0.337 e. The van der Waals surface area contributed by atoms with Crippen molar-refractivity contribution in [1.82, 2.24) is 15.2 Å². The number of piperidine rings is 1. The minimum absolute atomic E-state index is 0.0951. The molecule has 0 bridgehead atoms. The number of nitrogens with one attached hydrogen (secondary N) is 1. The number of benzene rings is 2. The van der Waals surface area contributed by atoms with Gasteiger partial charge in [-0.25, -0.2) is 4.79 Å². The maximum atomic E-state index is 13.1. The minimum atomic E-state index is -4.56. The Kier molecular flexibility index (Phi) is 6.38. The minimum Gasteiger partial charge on any atom is -0.337 e. The van der Waals surface area contributed by atoms with E-state index < -0.39 is 17.8 Å². The molecule has 5 rings (SSSR count). The molecule has 3 aromatic rings. The molecule has 36 heavy (non-hydrogen) atoms. The van der Waals surface area contributed by atoms with E-state index in [1.165, 1.54) is 0 Å². The van der Waals surface area contributed by atoms with Gasteiger partial charge in [0.05, 0.1) is 5.56 Å². The van der Waals surface area contributed by atoms with E-state index in [0.717, 1.165) is 47.1 Å². The number of hydrogen-bond acceptors (Lipinski definition) is 3. The second kappa shape index (κ2) is 9.64. The van der Waals surface area contributed by atoms with E-state index in [2.05, 4.69) is 28.5 Å². The van der Waals surface area contributed by atoms with Gasteiger partial charge in [0.25, 0.3) is 5.91 Å². The van der Waals surface area contributed by atoms with E-state index >= 15 is 0 Å². The van der Waals surface area contributed by atoms with E-state index in [-0.39, 0.29) is 17.6 Å². The number of carbonyl (C=O) groups excluding carboxylic acids is 2. The van der Waals surface area contributed by atoms with Crippen LogP contribution in [0.2, 0.25) is 0 Å². The summed E-state index contributed by atoms with van der Waals surface area (Å²) >= 11 is 0. The van der Waals surface area contributed by atoms with Crippen LogP contribution in [0.3, 0.4) is 0 Å². The Labute approximate surface area is 206 Å². The van der Waals surface area contributed by atoms with E-state index in [1.807, 2.05) is 30.3 Å². The number of fused-ring (bicyclic) bond motifs is 1. The summed E-state index contributed by atoms with van der Waals surface area (Å²) in [6.07, 6.45) is -1.44. The van der Waals surface area contributed by atoms with Gasteiger partial charge in [-0.05, 0) is 60.2 Å². The van der Waals surface area contributed by atoms with Crippen LogP contribution >= 0.6 is 0 Å². The Hall–Kier alpha value is -3.88. The van der Waals surface area contributed by atoms with E-state index in [4.69, 9.17) is 0 Å². The molecule has 6 nitrogen and oxygen atoms in total. The molecule has 3 amide bonds. The average Bonchev–Trinajstić information content (AvgIpc) is 3.32. The average molecular weight is 495 g/mol. The van der Waals surface area contributed by atoms with Gasteiger partial charge in [-0.15, -0.1) is 0 Å². The molecule has 1 atom stereocenters. The van der Waals surface area contributed by atoms with Crippen LogP contribution in [-0.2, 0) is 12.6 Å². The van der Waals surface area contributed by atoms with Gasteiger partial charge in [0, 0.05) is 37.6 Å². The van der Waals surface area contributed by atoms with Gasteiger partial charge >= 0.3 is 12.2 Å². The van der Waals surface area contributed by atoms with Gasteiger partial charge in [0.2, 0.25) is 0 Å². The van der Waals surface area contributed by atoms with Crippen LogP contribution < -0.4 is 10.2 Å². The molecule has 2 aliphatic rings. The summed E-state index contributed by atoms with van der Waals surface area (Å²) in [4.78, 5) is 32.6. The largest absolute Gasteiger partial charge is 0.433 e. The van der Waals surface area contributed by atoms with Crippen molar-refractivity contribution in [2.24, 2.45) is 0 Å². The number of rotatable bonds is 3. The first-order valence-corrected chi connectivity index (χ1v) is 11.9. The molecule has 1 aromatic heterocycles. The van der Waals surface area contributed by atoms with Crippen LogP contribution in [0.15, 0.2) is 66.9 Å². The highest BCUT2D eigenvalue weighted by atomic mass is 19.4. The van der Waals surface area contributed by atoms with Crippen molar-refractivity contribution in [3.05, 3.63) is 83.7 Å². The first-order chi connectivity index (χ1) is 17.3. The van der Waals surface area contributed by atoms with Crippen molar-refractivity contribution in [2.75, 3.05) is 24.5 Å². The Balaban J connectivity index is 1.22. The number of pyridine rings is 1. The van der Waals surface area contributed by atoms with Crippen molar-refractivity contribution >= 4 is 17.6 Å². The van der Waals surface area contributed by atoms with Crippen LogP contribution in [-0.4, -0.2) is 47.5 Å². The Morgan fingerprint density at radius 2 is 1.78 bits per heavy atom. The zero-order valence-electron chi connectivity index (χ0n) is 19.5. The Morgan fingerprint density at radius 3 is 2.50 bits per heavy atom. The molecule has 0 aliphatic carbocycles. The van der Waals surface area contributed by atoms with Gasteiger partial charge in [0.15, 0.2) is 0 Å². The molecule has 3 heterocycles. The summed E-state index contributed by atoms with van der Waals surface area (Å²) in [7, 11) is 0. The predicted molar refractivity (Wildman–Crippen MR) is 130 cm³/mol. The Morgan fingerprint density at radius 1 is 0.972 bits per heavy atom. The topological polar surface area (TPSA) is 65.5 Å². The summed E-state index contributed by atoms with van der Waals surface area (Å²) in [5.41, 5.74) is 3.28. The fraction of sp³-hybridized carbons (Fsp3) is 0.296. The SMILES string of the molecule is O=C(c1ccc(C(F)(F)F)nc1)N1CCCC(NC(=O)N2CCc3cc(-c4ccccc4)ccc32)C1. The monoisotopic (exact) mass is 494 g/mol. The van der Waals surface area contributed by atoms with Crippen molar-refractivity contribution in [3.63, 3.8) is 0 Å². The van der Waals surface area contributed by atoms with Crippen LogP contribution in [0.5, 0.6) is 0 Å². The second-order valence-electron chi connectivity index (χ2n) is 9.08. The number of nitrogens with zero attached hydrogens (tertiary/aromatic N) is 3. The highest BCUT2D eigenvalue weighted by Crippen LogP contribution is 2.32. The lowest BCUT2D eigenvalue weighted by molar-refractivity contribution is -0.141. The van der Waals surface area contributed by atoms with Crippen molar-refractivity contribution in [3.8, 4) is 11.1 Å². The quantitative estimate of drug-likeness (QED) is 0.548. The summed E-state index contributed by atoms with van der Waals surface area (Å²) in [5, 5.41) is 3.04. The predicted octanol–water partition coefficient (Wildman–Crippen LogP) is 5.14. The van der Waals surface area contributed by atoms with Gasteiger partial charge in [0.1, 0.15) is 5.69 Å². The molecule has 1 fully saturated rings. The highest BCUT2D eigenvalue weighted by Gasteiger charge is 2.33. The van der Waals surface area contributed by atoms with E-state index in [9.17, 15) is 22.8 Å². The number of carbonyl (C=O) groups is 2. The lowest BCUT2D eigenvalue weighted by Crippen LogP contribution is -2.52. The lowest BCUT2D eigenvalue weighted by Gasteiger charge is -2.34. The summed E-state index contributed by atoms with van der Waals surface area (Å²) in [6.45, 7) is 1.34. The van der Waals surface area contributed by atoms with Gasteiger partial charge in [-0.2, -0.15) is 13.2 Å². The first-order valence-electron chi connectivity index (χ1n) is 11.9. The third-order valence-corrected chi connectivity index (χ3v) is 6.66. The molecular formula is C27H25F3N4O2. The fourth-order valence-corrected chi connectivity index (χ4v) is 4.83. The van der Waals surface area contributed by atoms with Gasteiger partial charge in [-0.3, -0.25) is 14.7 Å². The van der Waals surface area contributed by atoms with Crippen LogP contribution in [0.1, 0.15) is 34.5 Å². The zero-order chi connectivity index (χ0) is 25.3. The highest BCUT2D eigenvalue weighted by molar-refractivity contribution is 5.96. The number of hydrogen-bond donors (Lipinski definition) is 1. The maximum absolute atomic E-state index is 13.1. The molecule has 2 aliphatic heterocycles. The standard InChI is InChI=1S/C27H25F3N4O2/c28-27(29,30)24-11-9-21(16-31-24)25(35)33-13-4-7-22(17-33)32-26(36)34-14-12-20-15-19(8-10-23(20)34)18-5-2-1-3-6-18/h1-3,5-6,8-11,15-16,22H,4,7,12-14,17H2,(H,32,36). The lowest BCUT2D eigenvalue weighted by atomic mass is 10.0. The number of amides is 3. The molecule has 9 heteroatoms. The number of anilines is 1. The molecule has 186 valence electrons. The molecular weight excluding hydrogens is 469 g/mol. The fourth-order valence-electron chi connectivity index (χ4n) is 4.83.